The van der Waals surface area contributed by atoms with Crippen LogP contribution in [0.4, 0.5) is 10.8 Å². The quantitative estimate of drug-likeness (QED) is 0.597. The van der Waals surface area contributed by atoms with Crippen molar-refractivity contribution in [2.45, 2.75) is 26.7 Å². The summed E-state index contributed by atoms with van der Waals surface area (Å²) >= 11 is 1.53. The molecule has 0 atom stereocenters. The number of carbonyl (C=O) groups excluding carboxylic acids is 1. The molecule has 2 N–H and O–H groups in total. The summed E-state index contributed by atoms with van der Waals surface area (Å²) < 4.78 is 10.0. The number of aryl methyl sites for hydroxylation is 3. The highest BCUT2D eigenvalue weighted by atomic mass is 32.1. The minimum absolute atomic E-state index is 0.236. The lowest BCUT2D eigenvalue weighted by atomic mass is 10.1. The molecule has 1 aromatic carbocycles. The molecule has 7 nitrogen and oxygen atoms in total. The van der Waals surface area contributed by atoms with Gasteiger partial charge in [0.25, 0.3) is 0 Å². The third kappa shape index (κ3) is 4.28. The van der Waals surface area contributed by atoms with Crippen LogP contribution < -0.4 is 10.1 Å². The number of thiazole rings is 1. The van der Waals surface area contributed by atoms with E-state index in [9.17, 15) is 4.79 Å². The Morgan fingerprint density at radius 2 is 1.96 bits per heavy atom. The molecule has 27 heavy (non-hydrogen) atoms. The molecule has 2 heterocycles. The van der Waals surface area contributed by atoms with Gasteiger partial charge in [0, 0.05) is 10.4 Å². The first-order valence-corrected chi connectivity index (χ1v) is 9.33. The molecule has 142 valence electrons. The van der Waals surface area contributed by atoms with Crippen molar-refractivity contribution in [1.29, 1.82) is 0 Å². The molecule has 0 bridgehead atoms. The number of esters is 1. The minimum Gasteiger partial charge on any atom is -0.497 e. The van der Waals surface area contributed by atoms with Gasteiger partial charge in [-0.15, -0.1) is 11.3 Å². The van der Waals surface area contributed by atoms with Crippen molar-refractivity contribution in [3.8, 4) is 17.0 Å². The van der Waals surface area contributed by atoms with Gasteiger partial charge < -0.3 is 14.8 Å². The van der Waals surface area contributed by atoms with Crippen LogP contribution in [0.5, 0.6) is 5.75 Å². The smallest absolute Gasteiger partial charge is 0.305 e. The molecular weight excluding hydrogens is 364 g/mol. The molecule has 3 aromatic rings. The van der Waals surface area contributed by atoms with Crippen LogP contribution in [0.25, 0.3) is 11.3 Å². The minimum atomic E-state index is -0.236. The van der Waals surface area contributed by atoms with Crippen LogP contribution in [0.15, 0.2) is 24.3 Å². The summed E-state index contributed by atoms with van der Waals surface area (Å²) in [5, 5.41) is 11.3. The first kappa shape index (κ1) is 18.9. The Balaban J connectivity index is 1.93. The lowest BCUT2D eigenvalue weighted by molar-refractivity contribution is -0.140. The number of hydrogen-bond donors (Lipinski definition) is 2. The molecule has 0 fully saturated rings. The first-order valence-electron chi connectivity index (χ1n) is 8.51. The number of ether oxygens (including phenoxy) is 2. The second-order valence-electron chi connectivity index (χ2n) is 6.03. The number of methoxy groups -OCH3 is 2. The molecule has 2 aromatic heterocycles. The predicted molar refractivity (Wildman–Crippen MR) is 106 cm³/mol. The second-order valence-corrected chi connectivity index (χ2v) is 7.11. The molecule has 8 heteroatoms. The fourth-order valence-corrected chi connectivity index (χ4v) is 3.70. The van der Waals surface area contributed by atoms with Gasteiger partial charge in [-0.05, 0) is 44.5 Å². The van der Waals surface area contributed by atoms with Crippen LogP contribution in [0.1, 0.15) is 22.7 Å². The second kappa shape index (κ2) is 8.22. The fraction of sp³-hybridized carbons (Fsp3) is 0.316. The maximum atomic E-state index is 11.6. The van der Waals surface area contributed by atoms with Crippen molar-refractivity contribution in [3.05, 3.63) is 40.5 Å². The van der Waals surface area contributed by atoms with Crippen molar-refractivity contribution in [2.24, 2.45) is 0 Å². The lowest BCUT2D eigenvalue weighted by Gasteiger charge is -2.04. The number of carbonyl (C=O) groups is 1. The third-order valence-electron chi connectivity index (χ3n) is 4.20. The third-order valence-corrected chi connectivity index (χ3v) is 5.24. The molecule has 3 rings (SSSR count). The van der Waals surface area contributed by atoms with E-state index in [0.29, 0.717) is 12.8 Å². The van der Waals surface area contributed by atoms with E-state index in [1.807, 2.05) is 38.1 Å². The number of benzene rings is 1. The van der Waals surface area contributed by atoms with E-state index in [2.05, 4.69) is 15.5 Å². The Kier molecular flexibility index (Phi) is 5.75. The summed E-state index contributed by atoms with van der Waals surface area (Å²) in [6.07, 6.45) is 0.877. The number of aromatic amines is 1. The highest BCUT2D eigenvalue weighted by Crippen LogP contribution is 2.35. The normalized spacial score (nSPS) is 10.7. The summed E-state index contributed by atoms with van der Waals surface area (Å²) in [7, 11) is 3.04. The average Bonchev–Trinajstić information content (AvgIpc) is 3.24. The maximum absolute atomic E-state index is 11.6. The van der Waals surface area contributed by atoms with Gasteiger partial charge in [0.2, 0.25) is 0 Å². The van der Waals surface area contributed by atoms with E-state index in [1.165, 1.54) is 18.4 Å². The zero-order chi connectivity index (χ0) is 19.4. The predicted octanol–water partition coefficient (Wildman–Crippen LogP) is 4.01. The molecule has 0 amide bonds. The first-order chi connectivity index (χ1) is 13.0. The summed E-state index contributed by atoms with van der Waals surface area (Å²) in [6.45, 7) is 3.89. The Morgan fingerprint density at radius 1 is 1.22 bits per heavy atom. The van der Waals surface area contributed by atoms with E-state index >= 15 is 0 Å². The zero-order valence-corrected chi connectivity index (χ0v) is 16.6. The van der Waals surface area contributed by atoms with Crippen molar-refractivity contribution < 1.29 is 14.3 Å². The summed E-state index contributed by atoms with van der Waals surface area (Å²) in [4.78, 5) is 17.4. The van der Waals surface area contributed by atoms with Crippen molar-refractivity contribution in [2.75, 3.05) is 19.5 Å². The number of rotatable bonds is 7. The zero-order valence-electron chi connectivity index (χ0n) is 15.8. The Bertz CT molecular complexity index is 912. The highest BCUT2D eigenvalue weighted by Gasteiger charge is 2.17. The van der Waals surface area contributed by atoms with Crippen LogP contribution in [0.2, 0.25) is 0 Å². The fourth-order valence-electron chi connectivity index (χ4n) is 2.71. The molecule has 0 saturated carbocycles. The summed E-state index contributed by atoms with van der Waals surface area (Å²) in [5.41, 5.74) is 4.58. The number of nitrogens with one attached hydrogen (secondary N) is 2. The Hall–Kier alpha value is -2.87. The summed E-state index contributed by atoms with van der Waals surface area (Å²) in [6, 6.07) is 7.73. The van der Waals surface area contributed by atoms with Crippen molar-refractivity contribution >= 4 is 28.1 Å². The van der Waals surface area contributed by atoms with Gasteiger partial charge in [0.1, 0.15) is 5.75 Å². The summed E-state index contributed by atoms with van der Waals surface area (Å²) in [5.74, 6) is 0.549. The van der Waals surface area contributed by atoms with Crippen LogP contribution in [0, 0.1) is 13.8 Å². The van der Waals surface area contributed by atoms with Gasteiger partial charge in [0.15, 0.2) is 5.13 Å². The van der Waals surface area contributed by atoms with E-state index in [1.54, 1.807) is 7.11 Å². The van der Waals surface area contributed by atoms with Gasteiger partial charge in [-0.25, -0.2) is 4.98 Å². The standard InChI is InChI=1S/C19H22N4O3S/c1-11-17(12(2)23-22-11)20-19-21-18(13-5-7-14(25-3)8-6-13)15(27-19)9-10-16(24)26-4/h5-8H,9-10H2,1-4H3,(H,20,21)(H,22,23). The van der Waals surface area contributed by atoms with Crippen LogP contribution >= 0.6 is 11.3 Å². The van der Waals surface area contributed by atoms with E-state index in [4.69, 9.17) is 14.5 Å². The Labute approximate surface area is 161 Å². The Morgan fingerprint density at radius 3 is 2.56 bits per heavy atom. The molecular formula is C19H22N4O3S. The van der Waals surface area contributed by atoms with Crippen LogP contribution in [0.3, 0.4) is 0 Å². The monoisotopic (exact) mass is 386 g/mol. The number of anilines is 2. The van der Waals surface area contributed by atoms with Crippen LogP contribution in [-0.4, -0.2) is 35.4 Å². The lowest BCUT2D eigenvalue weighted by Crippen LogP contribution is -2.01. The van der Waals surface area contributed by atoms with Gasteiger partial charge in [-0.2, -0.15) is 5.10 Å². The van der Waals surface area contributed by atoms with Crippen molar-refractivity contribution in [3.63, 3.8) is 0 Å². The van der Waals surface area contributed by atoms with E-state index in [0.717, 1.165) is 44.1 Å². The van der Waals surface area contributed by atoms with E-state index < -0.39 is 0 Å². The maximum Gasteiger partial charge on any atom is 0.305 e. The SMILES string of the molecule is COC(=O)CCc1sc(Nc2c(C)n[nH]c2C)nc1-c1ccc(OC)cc1. The topological polar surface area (TPSA) is 89.1 Å². The van der Waals surface area contributed by atoms with Gasteiger partial charge in [-0.3, -0.25) is 9.89 Å². The van der Waals surface area contributed by atoms with Gasteiger partial charge in [-0.1, -0.05) is 0 Å². The van der Waals surface area contributed by atoms with E-state index in [-0.39, 0.29) is 5.97 Å². The molecule has 0 radical (unpaired) electrons. The number of hydrogen-bond acceptors (Lipinski definition) is 7. The number of H-pyrrole nitrogens is 1. The average molecular weight is 386 g/mol. The van der Waals surface area contributed by atoms with Crippen molar-refractivity contribution in [1.82, 2.24) is 15.2 Å². The van der Waals surface area contributed by atoms with Crippen LogP contribution in [-0.2, 0) is 16.0 Å². The number of aromatic nitrogens is 3. The van der Waals surface area contributed by atoms with Gasteiger partial charge >= 0.3 is 5.97 Å². The number of nitrogens with zero attached hydrogens (tertiary/aromatic N) is 2. The van der Waals surface area contributed by atoms with Gasteiger partial charge in [0.05, 0.1) is 43.4 Å². The molecule has 0 spiro atoms. The molecule has 0 aliphatic carbocycles. The molecule has 0 aliphatic rings. The molecule has 0 saturated heterocycles. The highest BCUT2D eigenvalue weighted by molar-refractivity contribution is 7.16. The molecule has 0 aliphatic heterocycles. The molecule has 0 unspecified atom stereocenters. The largest absolute Gasteiger partial charge is 0.497 e.